The Balaban J connectivity index is 1.66. The van der Waals surface area contributed by atoms with Gasteiger partial charge in [-0.2, -0.15) is 5.10 Å². The molecule has 23 heavy (non-hydrogen) atoms. The van der Waals surface area contributed by atoms with Crippen LogP contribution in [0.3, 0.4) is 0 Å². The molecular weight excluding hydrogens is 286 g/mol. The summed E-state index contributed by atoms with van der Waals surface area (Å²) >= 11 is 0. The van der Waals surface area contributed by atoms with E-state index < -0.39 is 0 Å². The molecule has 5 heteroatoms. The molecule has 2 aliphatic carbocycles. The smallest absolute Gasteiger partial charge is 0.186 e. The molecule has 2 N–H and O–H groups in total. The third-order valence-corrected chi connectivity index (χ3v) is 5.90. The summed E-state index contributed by atoms with van der Waals surface area (Å²) in [5.74, 6) is 2.60. The van der Waals surface area contributed by atoms with Crippen LogP contribution in [0.4, 0.5) is 5.82 Å². The van der Waals surface area contributed by atoms with E-state index >= 15 is 0 Å². The minimum absolute atomic E-state index is 0.567. The second-order valence-corrected chi connectivity index (χ2v) is 7.24. The number of nitrogens with one attached hydrogen (secondary N) is 2. The molecule has 0 radical (unpaired) electrons. The van der Waals surface area contributed by atoms with Gasteiger partial charge >= 0.3 is 0 Å². The second kappa shape index (κ2) is 6.46. The predicted molar refractivity (Wildman–Crippen MR) is 92.4 cm³/mol. The number of H-pyrrole nitrogens is 1. The number of aromatic amines is 1. The van der Waals surface area contributed by atoms with E-state index in [1.165, 1.54) is 51.4 Å². The first-order chi connectivity index (χ1) is 11.4. The fraction of sp³-hybridized carbons (Fsp3) is 0.722. The van der Waals surface area contributed by atoms with E-state index in [9.17, 15) is 0 Å². The first kappa shape index (κ1) is 14.9. The van der Waals surface area contributed by atoms with Gasteiger partial charge in [-0.1, -0.05) is 32.6 Å². The van der Waals surface area contributed by atoms with Crippen molar-refractivity contribution in [2.75, 3.05) is 5.32 Å². The van der Waals surface area contributed by atoms with Crippen molar-refractivity contribution in [2.45, 2.75) is 70.8 Å². The lowest BCUT2D eigenvalue weighted by atomic mass is 9.86. The average Bonchev–Trinajstić information content (AvgIpc) is 3.33. The van der Waals surface area contributed by atoms with E-state index in [1.807, 2.05) is 0 Å². The lowest BCUT2D eigenvalue weighted by Gasteiger charge is -2.31. The zero-order chi connectivity index (χ0) is 15.6. The fourth-order valence-electron chi connectivity index (χ4n) is 4.69. The summed E-state index contributed by atoms with van der Waals surface area (Å²) in [5.41, 5.74) is 1.93. The van der Waals surface area contributed by atoms with Gasteiger partial charge in [0.05, 0.1) is 5.39 Å². The highest BCUT2D eigenvalue weighted by Crippen LogP contribution is 2.39. The van der Waals surface area contributed by atoms with Crippen LogP contribution in [-0.2, 0) is 6.42 Å². The predicted octanol–water partition coefficient (Wildman–Crippen LogP) is 4.08. The summed E-state index contributed by atoms with van der Waals surface area (Å²) in [7, 11) is 0. The topological polar surface area (TPSA) is 66.5 Å². The Kier molecular flexibility index (Phi) is 4.19. The standard InChI is InChI=1S/C18H27N5/c1-2-14-15-17(19-11-20-18(15)23-22-14)21-16(12-7-3-4-8-12)13-9-5-6-10-13/h11-13,16H,2-10H2,1H3,(H2,19,20,21,22,23). The van der Waals surface area contributed by atoms with Gasteiger partial charge in [0.2, 0.25) is 0 Å². The van der Waals surface area contributed by atoms with Gasteiger partial charge in [0.25, 0.3) is 0 Å². The molecule has 0 unspecified atom stereocenters. The summed E-state index contributed by atoms with van der Waals surface area (Å²) in [6.07, 6.45) is 13.6. The first-order valence-electron chi connectivity index (χ1n) is 9.31. The summed E-state index contributed by atoms with van der Waals surface area (Å²) in [6.45, 7) is 2.15. The van der Waals surface area contributed by atoms with E-state index in [4.69, 9.17) is 0 Å². The number of aryl methyl sites for hydroxylation is 1. The van der Waals surface area contributed by atoms with Gasteiger partial charge in [-0.05, 0) is 43.9 Å². The molecule has 2 fully saturated rings. The molecule has 0 aromatic carbocycles. The third kappa shape index (κ3) is 2.81. The van der Waals surface area contributed by atoms with Crippen LogP contribution in [0.15, 0.2) is 6.33 Å². The van der Waals surface area contributed by atoms with Crippen molar-refractivity contribution in [1.82, 2.24) is 20.2 Å². The Morgan fingerprint density at radius 1 is 1.09 bits per heavy atom. The Hall–Kier alpha value is -1.65. The molecule has 2 aliphatic rings. The molecule has 0 bridgehead atoms. The zero-order valence-electron chi connectivity index (χ0n) is 14.0. The van der Waals surface area contributed by atoms with Crippen LogP contribution in [-0.4, -0.2) is 26.2 Å². The van der Waals surface area contributed by atoms with E-state index in [1.54, 1.807) is 6.33 Å². The highest BCUT2D eigenvalue weighted by molar-refractivity contribution is 5.88. The molecule has 2 aromatic heterocycles. The maximum absolute atomic E-state index is 4.59. The van der Waals surface area contributed by atoms with Crippen LogP contribution in [0.2, 0.25) is 0 Å². The number of rotatable bonds is 5. The van der Waals surface area contributed by atoms with Crippen LogP contribution in [0, 0.1) is 11.8 Å². The van der Waals surface area contributed by atoms with Crippen LogP contribution in [0.1, 0.15) is 64.0 Å². The largest absolute Gasteiger partial charge is 0.366 e. The molecule has 2 heterocycles. The monoisotopic (exact) mass is 313 g/mol. The Bertz CT molecular complexity index is 636. The number of hydrogen-bond acceptors (Lipinski definition) is 4. The molecule has 0 saturated heterocycles. The van der Waals surface area contributed by atoms with E-state index in [-0.39, 0.29) is 0 Å². The Morgan fingerprint density at radius 2 is 1.74 bits per heavy atom. The fourth-order valence-corrected chi connectivity index (χ4v) is 4.69. The van der Waals surface area contributed by atoms with Crippen molar-refractivity contribution in [3.05, 3.63) is 12.0 Å². The molecule has 0 aliphatic heterocycles. The van der Waals surface area contributed by atoms with Crippen LogP contribution < -0.4 is 5.32 Å². The molecule has 124 valence electrons. The molecule has 2 aromatic rings. The van der Waals surface area contributed by atoms with Crippen molar-refractivity contribution in [3.63, 3.8) is 0 Å². The van der Waals surface area contributed by atoms with E-state index in [0.29, 0.717) is 6.04 Å². The highest BCUT2D eigenvalue weighted by atomic mass is 15.2. The summed E-state index contributed by atoms with van der Waals surface area (Å²) < 4.78 is 0. The molecule has 0 atom stereocenters. The lowest BCUT2D eigenvalue weighted by molar-refractivity contribution is 0.337. The maximum Gasteiger partial charge on any atom is 0.186 e. The molecule has 2 saturated carbocycles. The Morgan fingerprint density at radius 3 is 2.35 bits per heavy atom. The minimum Gasteiger partial charge on any atom is -0.366 e. The van der Waals surface area contributed by atoms with Crippen LogP contribution in [0.25, 0.3) is 11.0 Å². The van der Waals surface area contributed by atoms with Gasteiger partial charge in [-0.15, -0.1) is 0 Å². The number of anilines is 1. The molecular formula is C18H27N5. The normalized spacial score (nSPS) is 20.1. The molecule has 0 amide bonds. The van der Waals surface area contributed by atoms with Crippen molar-refractivity contribution >= 4 is 16.9 Å². The summed E-state index contributed by atoms with van der Waals surface area (Å²) in [5, 5.41) is 12.4. The maximum atomic E-state index is 4.59. The zero-order valence-corrected chi connectivity index (χ0v) is 14.0. The van der Waals surface area contributed by atoms with Gasteiger partial charge in [-0.3, -0.25) is 5.10 Å². The van der Waals surface area contributed by atoms with Crippen LogP contribution in [0.5, 0.6) is 0 Å². The summed E-state index contributed by atoms with van der Waals surface area (Å²) in [6, 6.07) is 0.567. The van der Waals surface area contributed by atoms with Crippen molar-refractivity contribution < 1.29 is 0 Å². The molecule has 0 spiro atoms. The lowest BCUT2D eigenvalue weighted by Crippen LogP contribution is -2.34. The number of hydrogen-bond donors (Lipinski definition) is 2. The first-order valence-corrected chi connectivity index (χ1v) is 9.31. The minimum atomic E-state index is 0.567. The van der Waals surface area contributed by atoms with Crippen molar-refractivity contribution in [1.29, 1.82) is 0 Å². The average molecular weight is 313 g/mol. The van der Waals surface area contributed by atoms with Gasteiger partial charge in [0.1, 0.15) is 12.1 Å². The van der Waals surface area contributed by atoms with Gasteiger partial charge in [-0.25, -0.2) is 9.97 Å². The second-order valence-electron chi connectivity index (χ2n) is 7.24. The number of fused-ring (bicyclic) bond motifs is 1. The van der Waals surface area contributed by atoms with Gasteiger partial charge in [0.15, 0.2) is 5.65 Å². The molecule has 5 nitrogen and oxygen atoms in total. The third-order valence-electron chi connectivity index (χ3n) is 5.90. The van der Waals surface area contributed by atoms with Crippen LogP contribution >= 0.6 is 0 Å². The Labute approximate surface area is 137 Å². The van der Waals surface area contributed by atoms with Gasteiger partial charge < -0.3 is 5.32 Å². The number of aromatic nitrogens is 4. The van der Waals surface area contributed by atoms with Gasteiger partial charge in [0, 0.05) is 11.7 Å². The van der Waals surface area contributed by atoms with Crippen molar-refractivity contribution in [3.8, 4) is 0 Å². The molecule has 4 rings (SSSR count). The summed E-state index contributed by atoms with van der Waals surface area (Å²) in [4.78, 5) is 8.91. The van der Waals surface area contributed by atoms with E-state index in [2.05, 4.69) is 32.4 Å². The number of nitrogens with zero attached hydrogens (tertiary/aromatic N) is 3. The quantitative estimate of drug-likeness (QED) is 0.873. The highest BCUT2D eigenvalue weighted by Gasteiger charge is 2.33. The van der Waals surface area contributed by atoms with E-state index in [0.717, 1.165) is 40.8 Å². The van der Waals surface area contributed by atoms with Crippen molar-refractivity contribution in [2.24, 2.45) is 11.8 Å². The SMILES string of the molecule is CCc1[nH]nc2ncnc(NC(C3CCCC3)C3CCCC3)c12.